The average Bonchev–Trinajstić information content (AvgIpc) is 2.76. The highest BCUT2D eigenvalue weighted by Crippen LogP contribution is 2.36. The van der Waals surface area contributed by atoms with Crippen LogP contribution in [-0.4, -0.2) is 45.7 Å². The Morgan fingerprint density at radius 2 is 1.78 bits per heavy atom. The summed E-state index contributed by atoms with van der Waals surface area (Å²) in [4.78, 5) is 49.5. The van der Waals surface area contributed by atoms with Crippen molar-refractivity contribution in [3.05, 3.63) is 55.6 Å². The number of nitrogens with zero attached hydrogens (tertiary/aromatic N) is 2. The highest BCUT2D eigenvalue weighted by molar-refractivity contribution is 8.00. The minimum Gasteiger partial charge on any atom is -0.466 e. The molecule has 204 valence electrons. The molecule has 0 amide bonds. The summed E-state index contributed by atoms with van der Waals surface area (Å²) in [6.07, 6.45) is -6.34. The molecule has 0 radical (unpaired) electrons. The number of rotatable bonds is 10. The van der Waals surface area contributed by atoms with E-state index in [9.17, 15) is 36.7 Å². The van der Waals surface area contributed by atoms with Gasteiger partial charge in [0.15, 0.2) is 0 Å². The Morgan fingerprint density at radius 3 is 2.35 bits per heavy atom. The van der Waals surface area contributed by atoms with Crippen LogP contribution in [0, 0.1) is 11.7 Å². The lowest BCUT2D eigenvalue weighted by Gasteiger charge is -2.20. The van der Waals surface area contributed by atoms with E-state index in [0.717, 1.165) is 30.9 Å². The van der Waals surface area contributed by atoms with Crippen LogP contribution in [0.3, 0.4) is 0 Å². The van der Waals surface area contributed by atoms with E-state index in [2.05, 4.69) is 0 Å². The van der Waals surface area contributed by atoms with Crippen LogP contribution >= 0.6 is 23.4 Å². The van der Waals surface area contributed by atoms with Gasteiger partial charge in [0.25, 0.3) is 5.56 Å². The molecule has 2 aromatic rings. The molecule has 1 heterocycles. The first kappa shape index (κ1) is 30.4. The van der Waals surface area contributed by atoms with Crippen LogP contribution in [0.25, 0.3) is 5.69 Å². The number of thioether (sulfide) groups is 1. The summed E-state index contributed by atoms with van der Waals surface area (Å²) < 4.78 is 64.2. The van der Waals surface area contributed by atoms with Crippen molar-refractivity contribution in [2.24, 2.45) is 13.0 Å². The maximum absolute atomic E-state index is 14.8. The van der Waals surface area contributed by atoms with E-state index in [-0.39, 0.29) is 35.5 Å². The molecule has 0 aliphatic carbocycles. The zero-order chi connectivity index (χ0) is 28.1. The maximum atomic E-state index is 14.8. The molecule has 0 fully saturated rings. The number of carbonyl (C=O) groups excluding carboxylic acids is 2. The molecule has 0 spiro atoms. The van der Waals surface area contributed by atoms with Gasteiger partial charge in [0, 0.05) is 23.7 Å². The van der Waals surface area contributed by atoms with Crippen LogP contribution in [0.15, 0.2) is 32.7 Å². The van der Waals surface area contributed by atoms with Gasteiger partial charge in [0.05, 0.1) is 30.2 Å². The fraction of sp³-hybridized carbons (Fsp3) is 0.478. The summed E-state index contributed by atoms with van der Waals surface area (Å²) in [6.45, 7) is 5.01. The summed E-state index contributed by atoms with van der Waals surface area (Å²) >= 11 is 7.04. The van der Waals surface area contributed by atoms with E-state index in [1.807, 2.05) is 0 Å². The van der Waals surface area contributed by atoms with E-state index in [1.165, 1.54) is 0 Å². The third kappa shape index (κ3) is 8.09. The smallest absolute Gasteiger partial charge is 0.394 e. The molecule has 37 heavy (non-hydrogen) atoms. The third-order valence-corrected chi connectivity index (χ3v) is 7.00. The first-order valence-electron chi connectivity index (χ1n) is 11.0. The van der Waals surface area contributed by atoms with Gasteiger partial charge in [-0.15, -0.1) is 11.8 Å². The topological polar surface area (TPSA) is 96.6 Å². The summed E-state index contributed by atoms with van der Waals surface area (Å²) in [5, 5.41) is -0.999. The Kier molecular flexibility index (Phi) is 10.4. The molecule has 0 aliphatic heterocycles. The number of hydrogen-bond acceptors (Lipinski definition) is 7. The normalized spacial score (nSPS) is 12.5. The minimum atomic E-state index is -4.67. The second-order valence-electron chi connectivity index (χ2n) is 8.18. The van der Waals surface area contributed by atoms with Crippen LogP contribution in [0.4, 0.5) is 17.6 Å². The molecule has 1 aromatic carbocycles. The lowest BCUT2D eigenvalue weighted by molar-refractivity contribution is -0.149. The predicted molar refractivity (Wildman–Crippen MR) is 129 cm³/mol. The summed E-state index contributed by atoms with van der Waals surface area (Å²) in [6, 6.07) is 2.50. The molecule has 1 atom stereocenters. The van der Waals surface area contributed by atoms with Crippen molar-refractivity contribution in [2.45, 2.75) is 49.9 Å². The number of aromatic nitrogens is 2. The number of esters is 2. The van der Waals surface area contributed by atoms with E-state index in [0.29, 0.717) is 15.2 Å². The van der Waals surface area contributed by atoms with Crippen molar-refractivity contribution < 1.29 is 36.6 Å². The molecule has 0 N–H and O–H groups in total. The van der Waals surface area contributed by atoms with Crippen molar-refractivity contribution in [1.29, 1.82) is 0 Å². The minimum absolute atomic E-state index is 0.118. The fourth-order valence-electron chi connectivity index (χ4n) is 3.19. The second kappa shape index (κ2) is 12.6. The molecule has 8 nitrogen and oxygen atoms in total. The van der Waals surface area contributed by atoms with Gasteiger partial charge in [-0.1, -0.05) is 25.4 Å². The van der Waals surface area contributed by atoms with Crippen molar-refractivity contribution in [3.63, 3.8) is 0 Å². The quantitative estimate of drug-likeness (QED) is 0.242. The Balaban J connectivity index is 2.42. The molecule has 0 saturated heterocycles. The van der Waals surface area contributed by atoms with Gasteiger partial charge in [-0.2, -0.15) is 13.2 Å². The number of benzene rings is 1. The van der Waals surface area contributed by atoms with Crippen LogP contribution in [0.5, 0.6) is 0 Å². The highest BCUT2D eigenvalue weighted by Gasteiger charge is 2.31. The Bertz CT molecular complexity index is 1280. The van der Waals surface area contributed by atoms with Gasteiger partial charge >= 0.3 is 23.8 Å². The van der Waals surface area contributed by atoms with E-state index in [1.54, 1.807) is 20.8 Å². The molecule has 2 rings (SSSR count). The van der Waals surface area contributed by atoms with Gasteiger partial charge in [0.1, 0.15) is 17.7 Å². The molecule has 0 aliphatic rings. The standard InChI is InChI=1S/C23H25ClF4N2O6S/c1-5-35-19(32)6-7-36-21(33)20(12(2)3)37-17-10-16(15(25)9-14(17)24)30-18(31)8-13(11-23(26,27)28)29(4)22(30)34/h8-10,12,20H,5-7,11H2,1-4H3. The number of halogens is 5. The molecular formula is C23H25ClF4N2O6S. The van der Waals surface area contributed by atoms with E-state index in [4.69, 9.17) is 21.1 Å². The SMILES string of the molecule is CCOC(=O)CCOC(=O)C(Sc1cc(-n2c(=O)cc(CC(F)(F)F)n(C)c2=O)c(F)cc1Cl)C(C)C. The lowest BCUT2D eigenvalue weighted by atomic mass is 10.1. The highest BCUT2D eigenvalue weighted by atomic mass is 35.5. The Morgan fingerprint density at radius 1 is 1.14 bits per heavy atom. The molecular weight excluding hydrogens is 544 g/mol. The van der Waals surface area contributed by atoms with Gasteiger partial charge in [-0.05, 0) is 25.0 Å². The molecule has 1 aromatic heterocycles. The summed E-state index contributed by atoms with van der Waals surface area (Å²) in [5.74, 6) is -2.61. The van der Waals surface area contributed by atoms with Crippen molar-refractivity contribution >= 4 is 35.3 Å². The molecule has 14 heteroatoms. The second-order valence-corrected chi connectivity index (χ2v) is 9.77. The summed E-state index contributed by atoms with van der Waals surface area (Å²) in [7, 11) is 1.03. The average molecular weight is 569 g/mol. The monoisotopic (exact) mass is 568 g/mol. The lowest BCUT2D eigenvalue weighted by Crippen LogP contribution is -2.40. The van der Waals surface area contributed by atoms with E-state index >= 15 is 0 Å². The number of ether oxygens (including phenoxy) is 2. The zero-order valence-corrected chi connectivity index (χ0v) is 21.9. The Hall–Kier alpha value is -2.80. The largest absolute Gasteiger partial charge is 0.466 e. The number of alkyl halides is 3. The van der Waals surface area contributed by atoms with Crippen LogP contribution in [0.2, 0.25) is 5.02 Å². The molecule has 1 unspecified atom stereocenters. The van der Waals surface area contributed by atoms with Gasteiger partial charge in [0.2, 0.25) is 0 Å². The van der Waals surface area contributed by atoms with E-state index < -0.39 is 58.2 Å². The Labute approximate surface area is 218 Å². The third-order valence-electron chi connectivity index (χ3n) is 4.99. The summed E-state index contributed by atoms with van der Waals surface area (Å²) in [5.41, 5.74) is -3.50. The molecule has 0 saturated carbocycles. The van der Waals surface area contributed by atoms with Gasteiger partial charge < -0.3 is 9.47 Å². The predicted octanol–water partition coefficient (Wildman–Crippen LogP) is 4.05. The number of carbonyl (C=O) groups is 2. The van der Waals surface area contributed by atoms with Crippen molar-refractivity contribution in [1.82, 2.24) is 9.13 Å². The van der Waals surface area contributed by atoms with Crippen LogP contribution < -0.4 is 11.2 Å². The maximum Gasteiger partial charge on any atom is 0.394 e. The fourth-order valence-corrected chi connectivity index (χ4v) is 4.54. The molecule has 0 bridgehead atoms. The van der Waals surface area contributed by atoms with Gasteiger partial charge in [-0.3, -0.25) is 19.0 Å². The van der Waals surface area contributed by atoms with Crippen molar-refractivity contribution in [2.75, 3.05) is 13.2 Å². The first-order valence-corrected chi connectivity index (χ1v) is 12.3. The van der Waals surface area contributed by atoms with Crippen LogP contribution in [0.1, 0.15) is 32.9 Å². The van der Waals surface area contributed by atoms with Crippen molar-refractivity contribution in [3.8, 4) is 5.69 Å². The zero-order valence-electron chi connectivity index (χ0n) is 20.4. The first-order chi connectivity index (χ1) is 17.2. The van der Waals surface area contributed by atoms with Crippen LogP contribution in [-0.2, 0) is 32.5 Å². The van der Waals surface area contributed by atoms with Gasteiger partial charge in [-0.25, -0.2) is 13.8 Å². The number of hydrogen-bond donors (Lipinski definition) is 0.